The van der Waals surface area contributed by atoms with Crippen LogP contribution >= 0.6 is 0 Å². The zero-order valence-electron chi connectivity index (χ0n) is 18.3. The lowest BCUT2D eigenvalue weighted by molar-refractivity contribution is -0.389. The fourth-order valence-corrected chi connectivity index (χ4v) is 2.57. The highest BCUT2D eigenvalue weighted by atomic mass is 19.2. The number of benzene rings is 2. The van der Waals surface area contributed by atoms with Crippen LogP contribution in [-0.2, 0) is 0 Å². The number of hydrogen-bond donors (Lipinski definition) is 0. The molecule has 0 N–H and O–H groups in total. The number of halogens is 6. The van der Waals surface area contributed by atoms with E-state index in [9.17, 15) is 46.6 Å². The van der Waals surface area contributed by atoms with Gasteiger partial charge in [-0.3, -0.25) is 0 Å². The normalized spacial score (nSPS) is 10.3. The van der Waals surface area contributed by atoms with Crippen molar-refractivity contribution in [2.24, 2.45) is 0 Å². The van der Waals surface area contributed by atoms with Gasteiger partial charge in [0.15, 0.2) is 58.7 Å². The van der Waals surface area contributed by atoms with Crippen molar-refractivity contribution in [2.45, 2.75) is 0 Å². The second-order valence-corrected chi connectivity index (χ2v) is 6.82. The molecule has 0 aliphatic heterocycles. The number of nitro groups is 2. The summed E-state index contributed by atoms with van der Waals surface area (Å²) in [5.74, 6) is -9.79. The molecule has 2 aromatic heterocycles. The zero-order chi connectivity index (χ0) is 28.0. The topological polar surface area (TPSA) is 131 Å². The average Bonchev–Trinajstić information content (AvgIpc) is 2.84. The van der Waals surface area contributed by atoms with E-state index in [1.807, 2.05) is 0 Å². The largest absolute Gasteiger partial charge is 0.447 e. The Morgan fingerprint density at radius 1 is 0.579 bits per heavy atom. The van der Waals surface area contributed by atoms with E-state index < -0.39 is 67.9 Å². The Bertz CT molecular complexity index is 1330. The van der Waals surface area contributed by atoms with Crippen molar-refractivity contribution in [3.05, 3.63) is 116 Å². The van der Waals surface area contributed by atoms with Gasteiger partial charge in [-0.25, -0.2) is 26.3 Å². The van der Waals surface area contributed by atoms with Crippen LogP contribution in [0.2, 0.25) is 0 Å². The second-order valence-electron chi connectivity index (χ2n) is 6.82. The number of ether oxygens (including phenoxy) is 2. The first-order chi connectivity index (χ1) is 17.9. The third-order valence-corrected chi connectivity index (χ3v) is 4.18. The number of aromatic nitrogens is 2. The molecule has 2 aromatic carbocycles. The van der Waals surface area contributed by atoms with E-state index in [2.05, 4.69) is 9.97 Å². The van der Waals surface area contributed by atoms with E-state index in [1.165, 1.54) is 0 Å². The molecule has 2 heterocycles. The maximum absolute atomic E-state index is 13.3. The molecule has 196 valence electrons. The SMILES string of the molecule is O=[N+]([O-])c1ccc(Oc2c(F)cc(F)cc2F)cn1.O=[N+]([O-])c1ccc(Oc2c(F)cc(F)cc2F)cn1. The van der Waals surface area contributed by atoms with Gasteiger partial charge >= 0.3 is 11.6 Å². The minimum Gasteiger partial charge on any atom is -0.447 e. The summed E-state index contributed by atoms with van der Waals surface area (Å²) in [4.78, 5) is 26.1. The number of hydrogen-bond acceptors (Lipinski definition) is 8. The molecular formula is C22H10F6N4O6. The highest BCUT2D eigenvalue weighted by Crippen LogP contribution is 2.29. The minimum absolute atomic E-state index is 0.116. The number of rotatable bonds is 6. The van der Waals surface area contributed by atoms with Crippen LogP contribution in [0.4, 0.5) is 38.0 Å². The van der Waals surface area contributed by atoms with E-state index >= 15 is 0 Å². The molecule has 0 spiro atoms. The number of pyridine rings is 2. The summed E-state index contributed by atoms with van der Waals surface area (Å²) in [6, 6.07) is 6.08. The van der Waals surface area contributed by atoms with E-state index in [0.29, 0.717) is 24.3 Å². The molecule has 0 atom stereocenters. The smallest absolute Gasteiger partial charge is 0.363 e. The Morgan fingerprint density at radius 3 is 1.13 bits per heavy atom. The summed E-state index contributed by atoms with van der Waals surface area (Å²) in [6.07, 6.45) is 1.86. The Balaban J connectivity index is 0.000000211. The Hall–Kier alpha value is -5.28. The molecule has 0 amide bonds. The van der Waals surface area contributed by atoms with Gasteiger partial charge in [0.2, 0.25) is 0 Å². The molecule has 10 nitrogen and oxygen atoms in total. The first-order valence-electron chi connectivity index (χ1n) is 9.80. The first kappa shape index (κ1) is 27.3. The van der Waals surface area contributed by atoms with E-state index in [1.54, 1.807) is 0 Å². The highest BCUT2D eigenvalue weighted by molar-refractivity contribution is 5.35. The van der Waals surface area contributed by atoms with Crippen molar-refractivity contribution in [1.29, 1.82) is 0 Å². The van der Waals surface area contributed by atoms with Crippen molar-refractivity contribution in [3.8, 4) is 23.0 Å². The van der Waals surface area contributed by atoms with Crippen LogP contribution in [0.3, 0.4) is 0 Å². The van der Waals surface area contributed by atoms with E-state index in [4.69, 9.17) is 9.47 Å². The monoisotopic (exact) mass is 540 g/mol. The van der Waals surface area contributed by atoms with Crippen molar-refractivity contribution in [2.75, 3.05) is 0 Å². The predicted octanol–water partition coefficient (Wildman–Crippen LogP) is 6.40. The fraction of sp³-hybridized carbons (Fsp3) is 0. The van der Waals surface area contributed by atoms with Crippen molar-refractivity contribution >= 4 is 11.6 Å². The van der Waals surface area contributed by atoms with Gasteiger partial charge in [0.25, 0.3) is 0 Å². The molecule has 38 heavy (non-hydrogen) atoms. The summed E-state index contributed by atoms with van der Waals surface area (Å²) in [7, 11) is 0. The van der Waals surface area contributed by atoms with Crippen LogP contribution < -0.4 is 9.47 Å². The van der Waals surface area contributed by atoms with Gasteiger partial charge in [-0.2, -0.15) is 0 Å². The molecule has 0 saturated carbocycles. The van der Waals surface area contributed by atoms with Crippen LogP contribution in [0.1, 0.15) is 0 Å². The van der Waals surface area contributed by atoms with Crippen molar-refractivity contribution < 1.29 is 45.7 Å². The summed E-state index contributed by atoms with van der Waals surface area (Å²) in [6.45, 7) is 0. The van der Waals surface area contributed by atoms with Gasteiger partial charge in [0, 0.05) is 36.4 Å². The lowest BCUT2D eigenvalue weighted by atomic mass is 10.3. The van der Waals surface area contributed by atoms with Crippen molar-refractivity contribution in [1.82, 2.24) is 9.97 Å². The Kier molecular flexibility index (Phi) is 8.36. The lowest BCUT2D eigenvalue weighted by Gasteiger charge is -2.06. The summed E-state index contributed by atoms with van der Waals surface area (Å²) in [5.41, 5.74) is 0. The third-order valence-electron chi connectivity index (χ3n) is 4.18. The second kappa shape index (κ2) is 11.6. The summed E-state index contributed by atoms with van der Waals surface area (Å²) >= 11 is 0. The number of nitrogens with zero attached hydrogens (tertiary/aromatic N) is 4. The predicted molar refractivity (Wildman–Crippen MR) is 115 cm³/mol. The standard InChI is InChI=1S/2C11H5F3N2O3/c2*12-6-3-8(13)11(9(14)4-6)19-7-1-2-10(15-5-7)16(17)18/h2*1-5H. The third kappa shape index (κ3) is 6.90. The lowest BCUT2D eigenvalue weighted by Crippen LogP contribution is -1.96. The van der Waals surface area contributed by atoms with Gasteiger partial charge in [-0.1, -0.05) is 0 Å². The van der Waals surface area contributed by atoms with Crippen LogP contribution in [-0.4, -0.2) is 19.8 Å². The maximum atomic E-state index is 13.3. The van der Waals surface area contributed by atoms with Crippen LogP contribution in [0.25, 0.3) is 0 Å². The van der Waals surface area contributed by atoms with Gasteiger partial charge in [0.1, 0.15) is 11.6 Å². The Morgan fingerprint density at radius 2 is 0.895 bits per heavy atom. The molecule has 4 rings (SSSR count). The van der Waals surface area contributed by atoms with E-state index in [-0.39, 0.29) is 11.5 Å². The molecule has 0 aliphatic rings. The van der Waals surface area contributed by atoms with Crippen LogP contribution in [0.15, 0.2) is 60.9 Å². The summed E-state index contributed by atoms with van der Waals surface area (Å²) < 4.78 is 88.1. The molecule has 0 radical (unpaired) electrons. The van der Waals surface area contributed by atoms with Gasteiger partial charge in [-0.05, 0) is 31.9 Å². The maximum Gasteiger partial charge on any atom is 0.363 e. The fourth-order valence-electron chi connectivity index (χ4n) is 2.57. The van der Waals surface area contributed by atoms with Crippen LogP contribution in [0.5, 0.6) is 23.0 Å². The molecule has 16 heteroatoms. The Labute approximate surface area is 207 Å². The molecule has 0 saturated heterocycles. The van der Waals surface area contributed by atoms with Gasteiger partial charge in [0.05, 0.1) is 0 Å². The molecule has 0 aliphatic carbocycles. The molecule has 0 unspecified atom stereocenters. The first-order valence-corrected chi connectivity index (χ1v) is 9.80. The van der Waals surface area contributed by atoms with Crippen molar-refractivity contribution in [3.63, 3.8) is 0 Å². The molecule has 0 fully saturated rings. The van der Waals surface area contributed by atoms with Crippen LogP contribution in [0, 0.1) is 55.1 Å². The molecular weight excluding hydrogens is 530 g/mol. The zero-order valence-corrected chi connectivity index (χ0v) is 18.3. The average molecular weight is 540 g/mol. The van der Waals surface area contributed by atoms with Gasteiger partial charge in [-0.15, -0.1) is 0 Å². The minimum atomic E-state index is -1.23. The van der Waals surface area contributed by atoms with E-state index in [0.717, 1.165) is 36.7 Å². The molecule has 0 bridgehead atoms. The highest BCUT2D eigenvalue weighted by Gasteiger charge is 2.17. The van der Waals surface area contributed by atoms with Gasteiger partial charge < -0.3 is 29.7 Å². The quantitative estimate of drug-likeness (QED) is 0.156. The summed E-state index contributed by atoms with van der Waals surface area (Å²) in [5, 5.41) is 20.7. The molecule has 4 aromatic rings.